The van der Waals surface area contributed by atoms with Gasteiger partial charge in [0.25, 0.3) is 0 Å². The molecule has 0 saturated carbocycles. The van der Waals surface area contributed by atoms with E-state index in [1.807, 2.05) is 6.92 Å². The van der Waals surface area contributed by atoms with Crippen LogP contribution in [0.25, 0.3) is 11.1 Å². The van der Waals surface area contributed by atoms with Gasteiger partial charge in [0.1, 0.15) is 0 Å². The predicted molar refractivity (Wildman–Crippen MR) is 51.9 cm³/mol. The average Bonchev–Trinajstić information content (AvgIpc) is 2.65. The van der Waals surface area contributed by atoms with Crippen molar-refractivity contribution in [2.75, 3.05) is 0 Å². The molecule has 0 amide bonds. The molecule has 2 aromatic heterocycles. The van der Waals surface area contributed by atoms with Crippen LogP contribution in [0.1, 0.15) is 16.1 Å². The molecular weight excluding hydrogens is 178 g/mol. The lowest BCUT2D eigenvalue weighted by molar-refractivity contribution is 0.112. The summed E-state index contributed by atoms with van der Waals surface area (Å²) in [5.41, 5.74) is 3.42. The second kappa shape index (κ2) is 3.41. The first-order valence-electron chi connectivity index (χ1n) is 4.22. The Bertz CT molecular complexity index is 462. The summed E-state index contributed by atoms with van der Waals surface area (Å²) in [6, 6.07) is 1.79. The monoisotopic (exact) mass is 187 g/mol. The van der Waals surface area contributed by atoms with E-state index in [1.54, 1.807) is 18.5 Å². The van der Waals surface area contributed by atoms with E-state index >= 15 is 0 Å². The lowest BCUT2D eigenvalue weighted by atomic mass is 10.1. The third-order valence-corrected chi connectivity index (χ3v) is 2.04. The summed E-state index contributed by atoms with van der Waals surface area (Å²) in [5, 5.41) is 6.75. The number of rotatable bonds is 2. The largest absolute Gasteiger partial charge is 0.298 e. The van der Waals surface area contributed by atoms with Crippen molar-refractivity contribution in [2.24, 2.45) is 0 Å². The SMILES string of the molecule is Cc1[nH]ncc1-c1cncc(C=O)c1. The fraction of sp³-hybridized carbons (Fsp3) is 0.100. The maximum atomic E-state index is 10.5. The Morgan fingerprint density at radius 1 is 1.36 bits per heavy atom. The molecule has 0 aliphatic carbocycles. The van der Waals surface area contributed by atoms with Crippen molar-refractivity contribution in [3.05, 3.63) is 35.9 Å². The van der Waals surface area contributed by atoms with Crippen molar-refractivity contribution in [3.8, 4) is 11.1 Å². The van der Waals surface area contributed by atoms with Crippen LogP contribution in [-0.2, 0) is 0 Å². The molecule has 0 radical (unpaired) electrons. The van der Waals surface area contributed by atoms with Crippen LogP contribution < -0.4 is 0 Å². The topological polar surface area (TPSA) is 58.6 Å². The molecule has 2 rings (SSSR count). The summed E-state index contributed by atoms with van der Waals surface area (Å²) in [7, 11) is 0. The van der Waals surface area contributed by atoms with Crippen LogP contribution in [-0.4, -0.2) is 21.5 Å². The second-order valence-electron chi connectivity index (χ2n) is 3.03. The lowest BCUT2D eigenvalue weighted by Gasteiger charge is -1.98. The Morgan fingerprint density at radius 3 is 2.86 bits per heavy atom. The smallest absolute Gasteiger partial charge is 0.151 e. The fourth-order valence-corrected chi connectivity index (χ4v) is 1.31. The third-order valence-electron chi connectivity index (χ3n) is 2.04. The van der Waals surface area contributed by atoms with Crippen LogP contribution in [0.4, 0.5) is 0 Å². The number of aromatic nitrogens is 3. The lowest BCUT2D eigenvalue weighted by Crippen LogP contribution is -1.85. The maximum Gasteiger partial charge on any atom is 0.151 e. The number of pyridine rings is 1. The minimum atomic E-state index is 0.572. The highest BCUT2D eigenvalue weighted by molar-refractivity contribution is 5.78. The zero-order valence-electron chi connectivity index (χ0n) is 7.69. The molecule has 14 heavy (non-hydrogen) atoms. The van der Waals surface area contributed by atoms with Gasteiger partial charge in [0.15, 0.2) is 6.29 Å². The van der Waals surface area contributed by atoms with Crippen LogP contribution in [0.5, 0.6) is 0 Å². The summed E-state index contributed by atoms with van der Waals surface area (Å²) < 4.78 is 0. The van der Waals surface area contributed by atoms with E-state index < -0.39 is 0 Å². The van der Waals surface area contributed by atoms with E-state index in [0.717, 1.165) is 23.1 Å². The van der Waals surface area contributed by atoms with E-state index in [2.05, 4.69) is 15.2 Å². The average molecular weight is 187 g/mol. The number of H-pyrrole nitrogens is 1. The van der Waals surface area contributed by atoms with Crippen LogP contribution in [0.2, 0.25) is 0 Å². The van der Waals surface area contributed by atoms with E-state index in [4.69, 9.17) is 0 Å². The molecule has 0 aromatic carbocycles. The standard InChI is InChI=1S/C10H9N3O/c1-7-10(5-12-13-7)9-2-8(6-14)3-11-4-9/h2-6H,1H3,(H,12,13). The Hall–Kier alpha value is -1.97. The number of aryl methyl sites for hydroxylation is 1. The number of hydrogen-bond donors (Lipinski definition) is 1. The molecule has 0 unspecified atom stereocenters. The first kappa shape index (κ1) is 8.62. The maximum absolute atomic E-state index is 10.5. The molecule has 4 heteroatoms. The van der Waals surface area contributed by atoms with Gasteiger partial charge >= 0.3 is 0 Å². The molecule has 0 bridgehead atoms. The normalized spacial score (nSPS) is 10.1. The summed E-state index contributed by atoms with van der Waals surface area (Å²) >= 11 is 0. The molecule has 0 atom stereocenters. The quantitative estimate of drug-likeness (QED) is 0.726. The van der Waals surface area contributed by atoms with Crippen molar-refractivity contribution >= 4 is 6.29 Å². The molecule has 0 aliphatic heterocycles. The van der Waals surface area contributed by atoms with Gasteiger partial charge in [-0.15, -0.1) is 0 Å². The number of aldehydes is 1. The first-order chi connectivity index (χ1) is 6.81. The van der Waals surface area contributed by atoms with Gasteiger partial charge in [-0.2, -0.15) is 5.10 Å². The van der Waals surface area contributed by atoms with Gasteiger partial charge in [-0.3, -0.25) is 14.9 Å². The molecule has 2 heterocycles. The van der Waals surface area contributed by atoms with Crippen molar-refractivity contribution in [3.63, 3.8) is 0 Å². The van der Waals surface area contributed by atoms with Gasteiger partial charge in [0.05, 0.1) is 6.20 Å². The molecule has 0 fully saturated rings. The molecular formula is C10H9N3O. The second-order valence-corrected chi connectivity index (χ2v) is 3.03. The van der Waals surface area contributed by atoms with Crippen molar-refractivity contribution in [1.82, 2.24) is 15.2 Å². The number of hydrogen-bond acceptors (Lipinski definition) is 3. The molecule has 0 saturated heterocycles. The van der Waals surface area contributed by atoms with Gasteiger partial charge in [0.2, 0.25) is 0 Å². The fourth-order valence-electron chi connectivity index (χ4n) is 1.31. The van der Waals surface area contributed by atoms with E-state index in [9.17, 15) is 4.79 Å². The minimum absolute atomic E-state index is 0.572. The molecule has 0 spiro atoms. The Kier molecular flexibility index (Phi) is 2.10. The molecule has 70 valence electrons. The highest BCUT2D eigenvalue weighted by Crippen LogP contribution is 2.20. The zero-order valence-corrected chi connectivity index (χ0v) is 7.69. The molecule has 1 N–H and O–H groups in total. The zero-order chi connectivity index (χ0) is 9.97. The van der Waals surface area contributed by atoms with E-state index in [0.29, 0.717) is 5.56 Å². The number of carbonyl (C=O) groups excluding carboxylic acids is 1. The first-order valence-corrected chi connectivity index (χ1v) is 4.22. The highest BCUT2D eigenvalue weighted by atomic mass is 16.1. The summed E-state index contributed by atoms with van der Waals surface area (Å²) in [6.45, 7) is 1.93. The minimum Gasteiger partial charge on any atom is -0.298 e. The number of nitrogens with zero attached hydrogens (tertiary/aromatic N) is 2. The summed E-state index contributed by atoms with van der Waals surface area (Å²) in [4.78, 5) is 14.5. The van der Waals surface area contributed by atoms with Crippen molar-refractivity contribution in [1.29, 1.82) is 0 Å². The summed E-state index contributed by atoms with van der Waals surface area (Å²) in [6.07, 6.45) is 5.75. The Morgan fingerprint density at radius 2 is 2.21 bits per heavy atom. The molecule has 0 aliphatic rings. The van der Waals surface area contributed by atoms with E-state index in [-0.39, 0.29) is 0 Å². The van der Waals surface area contributed by atoms with Gasteiger partial charge < -0.3 is 0 Å². The van der Waals surface area contributed by atoms with Gasteiger partial charge in [-0.1, -0.05) is 0 Å². The van der Waals surface area contributed by atoms with Gasteiger partial charge in [0, 0.05) is 34.8 Å². The number of aromatic amines is 1. The predicted octanol–water partition coefficient (Wildman–Crippen LogP) is 1.59. The van der Waals surface area contributed by atoms with Gasteiger partial charge in [-0.05, 0) is 13.0 Å². The van der Waals surface area contributed by atoms with Crippen LogP contribution in [0, 0.1) is 6.92 Å². The van der Waals surface area contributed by atoms with Gasteiger partial charge in [-0.25, -0.2) is 0 Å². The molecule has 4 nitrogen and oxygen atoms in total. The third kappa shape index (κ3) is 1.42. The van der Waals surface area contributed by atoms with Crippen LogP contribution in [0.15, 0.2) is 24.7 Å². The van der Waals surface area contributed by atoms with Crippen molar-refractivity contribution < 1.29 is 4.79 Å². The molecule has 2 aromatic rings. The number of carbonyl (C=O) groups is 1. The Labute approximate surface area is 81.0 Å². The summed E-state index contributed by atoms with van der Waals surface area (Å²) in [5.74, 6) is 0. The van der Waals surface area contributed by atoms with Crippen LogP contribution >= 0.6 is 0 Å². The van der Waals surface area contributed by atoms with Crippen LogP contribution in [0.3, 0.4) is 0 Å². The Balaban J connectivity index is 2.52. The highest BCUT2D eigenvalue weighted by Gasteiger charge is 2.04. The van der Waals surface area contributed by atoms with E-state index in [1.165, 1.54) is 6.20 Å². The number of nitrogens with one attached hydrogen (secondary N) is 1. The van der Waals surface area contributed by atoms with Crippen molar-refractivity contribution in [2.45, 2.75) is 6.92 Å².